The van der Waals surface area contributed by atoms with Crippen LogP contribution in [0.15, 0.2) is 66.7 Å². The minimum absolute atomic E-state index is 0.102. The van der Waals surface area contributed by atoms with Crippen LogP contribution in [0.1, 0.15) is 0 Å². The molecule has 2 N–H and O–H groups in total. The molecule has 1 aliphatic heterocycles. The number of nitrogens with one attached hydrogen (secondary N) is 1. The molecular weight excluding hydrogens is 370 g/mol. The summed E-state index contributed by atoms with van der Waals surface area (Å²) >= 11 is 0. The first-order chi connectivity index (χ1) is 14.3. The highest BCUT2D eigenvalue weighted by Gasteiger charge is 2.20. The van der Waals surface area contributed by atoms with Crippen molar-refractivity contribution in [3.63, 3.8) is 0 Å². The first-order valence-electron chi connectivity index (χ1n) is 9.57. The highest BCUT2D eigenvalue weighted by Crippen LogP contribution is 2.30. The molecule has 2 aromatic carbocycles. The fourth-order valence-electron chi connectivity index (χ4n) is 2.97. The van der Waals surface area contributed by atoms with E-state index in [1.165, 1.54) is 0 Å². The van der Waals surface area contributed by atoms with Gasteiger partial charge in [0.15, 0.2) is 11.5 Å². The molecule has 2 unspecified atom stereocenters. The summed E-state index contributed by atoms with van der Waals surface area (Å²) in [5, 5.41) is 21.5. The van der Waals surface area contributed by atoms with Gasteiger partial charge < -0.3 is 24.6 Å². The fraction of sp³-hybridized carbons (Fsp3) is 0.273. The Balaban J connectivity index is 1.17. The maximum atomic E-state index is 10.1. The van der Waals surface area contributed by atoms with E-state index in [2.05, 4.69) is 15.5 Å². The molecule has 7 nitrogen and oxygen atoms in total. The van der Waals surface area contributed by atoms with E-state index in [9.17, 15) is 5.11 Å². The van der Waals surface area contributed by atoms with Gasteiger partial charge in [0.2, 0.25) is 5.88 Å². The van der Waals surface area contributed by atoms with E-state index in [1.54, 1.807) is 6.07 Å². The van der Waals surface area contributed by atoms with Crippen molar-refractivity contribution in [3.05, 3.63) is 66.7 Å². The first kappa shape index (κ1) is 19.2. The van der Waals surface area contributed by atoms with Gasteiger partial charge in [-0.15, -0.1) is 10.2 Å². The molecule has 0 radical (unpaired) electrons. The summed E-state index contributed by atoms with van der Waals surface area (Å²) in [6.45, 7) is 1.53. The second-order valence-corrected chi connectivity index (χ2v) is 6.74. The van der Waals surface area contributed by atoms with Crippen molar-refractivity contribution < 1.29 is 19.3 Å². The second-order valence-electron chi connectivity index (χ2n) is 6.74. The highest BCUT2D eigenvalue weighted by molar-refractivity contribution is 5.58. The van der Waals surface area contributed by atoms with Crippen molar-refractivity contribution in [1.29, 1.82) is 0 Å². The average molecular weight is 393 g/mol. The maximum Gasteiger partial charge on any atom is 0.233 e. The Labute approximate surface area is 169 Å². The number of hydrogen-bond acceptors (Lipinski definition) is 7. The van der Waals surface area contributed by atoms with Crippen LogP contribution < -0.4 is 19.5 Å². The molecule has 3 aromatic rings. The predicted octanol–water partition coefficient (Wildman–Crippen LogP) is 2.31. The summed E-state index contributed by atoms with van der Waals surface area (Å²) in [6.07, 6.45) is -0.781. The Morgan fingerprint density at radius 2 is 1.79 bits per heavy atom. The quantitative estimate of drug-likeness (QED) is 0.607. The first-order valence-corrected chi connectivity index (χ1v) is 9.57. The van der Waals surface area contributed by atoms with Gasteiger partial charge in [0.25, 0.3) is 0 Å². The Bertz CT molecular complexity index is 905. The molecule has 29 heavy (non-hydrogen) atoms. The Morgan fingerprint density at radius 3 is 2.59 bits per heavy atom. The number of fused-ring (bicyclic) bond motifs is 1. The third-order valence-electron chi connectivity index (χ3n) is 4.45. The molecule has 150 valence electrons. The van der Waals surface area contributed by atoms with Crippen LogP contribution in [0.3, 0.4) is 0 Å². The summed E-state index contributed by atoms with van der Waals surface area (Å²) in [5.41, 5.74) is 1.77. The molecule has 0 spiro atoms. The van der Waals surface area contributed by atoms with Crippen LogP contribution in [0, 0.1) is 0 Å². The Hall–Kier alpha value is -3.16. The van der Waals surface area contributed by atoms with E-state index in [-0.39, 0.29) is 12.7 Å². The third kappa shape index (κ3) is 5.22. The van der Waals surface area contributed by atoms with Crippen LogP contribution in [0.5, 0.6) is 17.4 Å². The Kier molecular flexibility index (Phi) is 6.19. The molecule has 7 heteroatoms. The number of aromatic nitrogens is 2. The zero-order chi connectivity index (χ0) is 19.9. The second kappa shape index (κ2) is 9.36. The third-order valence-corrected chi connectivity index (χ3v) is 4.45. The molecule has 1 aliphatic rings. The van der Waals surface area contributed by atoms with Crippen LogP contribution in [-0.2, 0) is 0 Å². The molecule has 2 atom stereocenters. The number of aliphatic hydroxyl groups is 1. The summed E-state index contributed by atoms with van der Waals surface area (Å²) in [7, 11) is 0. The van der Waals surface area contributed by atoms with Crippen molar-refractivity contribution in [2.45, 2.75) is 12.2 Å². The largest absolute Gasteiger partial charge is 0.486 e. The molecule has 1 aromatic heterocycles. The summed E-state index contributed by atoms with van der Waals surface area (Å²) in [6, 6.07) is 21.0. The van der Waals surface area contributed by atoms with Crippen molar-refractivity contribution in [1.82, 2.24) is 15.5 Å². The van der Waals surface area contributed by atoms with E-state index in [0.29, 0.717) is 25.6 Å². The lowest BCUT2D eigenvalue weighted by Gasteiger charge is -2.26. The summed E-state index contributed by atoms with van der Waals surface area (Å²) < 4.78 is 17.1. The van der Waals surface area contributed by atoms with E-state index >= 15 is 0 Å². The number of rotatable bonds is 8. The topological polar surface area (TPSA) is 85.7 Å². The normalized spacial score (nSPS) is 16.2. The lowest BCUT2D eigenvalue weighted by atomic mass is 10.1. The molecule has 0 aliphatic carbocycles. The zero-order valence-corrected chi connectivity index (χ0v) is 15.9. The van der Waals surface area contributed by atoms with Gasteiger partial charge in [-0.2, -0.15) is 0 Å². The average Bonchev–Trinajstić information content (AvgIpc) is 2.78. The van der Waals surface area contributed by atoms with Crippen molar-refractivity contribution in [3.8, 4) is 28.6 Å². The monoisotopic (exact) mass is 393 g/mol. The van der Waals surface area contributed by atoms with Crippen LogP contribution in [0.2, 0.25) is 0 Å². The minimum Gasteiger partial charge on any atom is -0.486 e. The van der Waals surface area contributed by atoms with Crippen LogP contribution in [0.4, 0.5) is 0 Å². The minimum atomic E-state index is -0.678. The summed E-state index contributed by atoms with van der Waals surface area (Å²) in [5.74, 6) is 1.88. The van der Waals surface area contributed by atoms with Gasteiger partial charge in [0.1, 0.15) is 25.4 Å². The molecule has 4 rings (SSSR count). The maximum absolute atomic E-state index is 10.1. The van der Waals surface area contributed by atoms with Crippen molar-refractivity contribution in [2.75, 3.05) is 26.3 Å². The summed E-state index contributed by atoms with van der Waals surface area (Å²) in [4.78, 5) is 0. The van der Waals surface area contributed by atoms with E-state index in [4.69, 9.17) is 14.2 Å². The van der Waals surface area contributed by atoms with E-state index in [1.807, 2.05) is 60.7 Å². The lowest BCUT2D eigenvalue weighted by Crippen LogP contribution is -2.41. The highest BCUT2D eigenvalue weighted by atomic mass is 16.6. The number of ether oxygens (including phenoxy) is 3. The van der Waals surface area contributed by atoms with Crippen LogP contribution in [0.25, 0.3) is 11.3 Å². The van der Waals surface area contributed by atoms with Gasteiger partial charge in [-0.1, -0.05) is 42.5 Å². The van der Waals surface area contributed by atoms with Crippen LogP contribution >= 0.6 is 0 Å². The van der Waals surface area contributed by atoms with E-state index in [0.717, 1.165) is 22.8 Å². The smallest absolute Gasteiger partial charge is 0.233 e. The van der Waals surface area contributed by atoms with Gasteiger partial charge >= 0.3 is 0 Å². The Morgan fingerprint density at radius 1 is 1.00 bits per heavy atom. The zero-order valence-electron chi connectivity index (χ0n) is 15.9. The molecule has 0 bridgehead atoms. The van der Waals surface area contributed by atoms with Crippen LogP contribution in [-0.4, -0.2) is 53.8 Å². The predicted molar refractivity (Wildman–Crippen MR) is 108 cm³/mol. The van der Waals surface area contributed by atoms with Gasteiger partial charge in [-0.25, -0.2) is 0 Å². The SMILES string of the molecule is OC(CNCC1COc2ccccc2O1)COc1ccc(-c2ccccc2)nn1. The van der Waals surface area contributed by atoms with Gasteiger partial charge in [0.05, 0.1) is 5.69 Å². The van der Waals surface area contributed by atoms with Crippen molar-refractivity contribution in [2.24, 2.45) is 0 Å². The molecule has 0 saturated heterocycles. The molecule has 0 saturated carbocycles. The molecular formula is C22H23N3O4. The standard InChI is InChI=1S/C22H23N3O4/c26-17(12-23-13-18-15-27-20-8-4-5-9-21(20)29-18)14-28-22-11-10-19(24-25-22)16-6-2-1-3-7-16/h1-11,17-18,23,26H,12-15H2. The molecule has 2 heterocycles. The number of aliphatic hydroxyl groups excluding tert-OH is 1. The van der Waals surface area contributed by atoms with Gasteiger partial charge in [-0.3, -0.25) is 0 Å². The number of hydrogen-bond donors (Lipinski definition) is 2. The number of para-hydroxylation sites is 2. The number of benzene rings is 2. The number of nitrogens with zero attached hydrogens (tertiary/aromatic N) is 2. The van der Waals surface area contributed by atoms with Gasteiger partial charge in [-0.05, 0) is 18.2 Å². The van der Waals surface area contributed by atoms with E-state index < -0.39 is 6.10 Å². The van der Waals surface area contributed by atoms with Gasteiger partial charge in [0, 0.05) is 24.7 Å². The molecule has 0 fully saturated rings. The molecule has 0 amide bonds. The lowest BCUT2D eigenvalue weighted by molar-refractivity contribution is 0.0770. The van der Waals surface area contributed by atoms with Crippen molar-refractivity contribution >= 4 is 0 Å². The fourth-order valence-corrected chi connectivity index (χ4v) is 2.97.